The van der Waals surface area contributed by atoms with E-state index in [1.165, 1.54) is 0 Å². The molecule has 2 N–H and O–H groups in total. The monoisotopic (exact) mass is 255 g/mol. The molecule has 2 amide bonds. The molecule has 0 aliphatic carbocycles. The summed E-state index contributed by atoms with van der Waals surface area (Å²) in [5.74, 6) is 0.619. The van der Waals surface area contributed by atoms with Crippen molar-refractivity contribution >= 4 is 17.4 Å². The first-order chi connectivity index (χ1) is 8.08. The van der Waals surface area contributed by atoms with Crippen molar-refractivity contribution in [2.45, 2.75) is 33.6 Å². The molecule has 1 aromatic heterocycles. The standard InChI is InChI=1S/C12H21N3OS/c1-9(2)4-6-13-12(16)14-7-5-11-8-17-10(3)15-11/h8-9H,4-7H2,1-3H3,(H2,13,14,16). The van der Waals surface area contributed by atoms with E-state index in [1.54, 1.807) is 11.3 Å². The van der Waals surface area contributed by atoms with Crippen molar-refractivity contribution in [1.82, 2.24) is 15.6 Å². The number of amides is 2. The van der Waals surface area contributed by atoms with Crippen LogP contribution in [0.3, 0.4) is 0 Å². The van der Waals surface area contributed by atoms with Crippen LogP contribution in [0.2, 0.25) is 0 Å². The van der Waals surface area contributed by atoms with E-state index in [2.05, 4.69) is 29.5 Å². The fourth-order valence-corrected chi connectivity index (χ4v) is 2.01. The Labute approximate surface area is 107 Å². The van der Waals surface area contributed by atoms with E-state index in [0.29, 0.717) is 12.5 Å². The highest BCUT2D eigenvalue weighted by Gasteiger charge is 2.02. The van der Waals surface area contributed by atoms with Crippen molar-refractivity contribution in [1.29, 1.82) is 0 Å². The molecule has 0 aliphatic heterocycles. The number of carbonyl (C=O) groups excluding carboxylic acids is 1. The van der Waals surface area contributed by atoms with Crippen molar-refractivity contribution in [3.63, 3.8) is 0 Å². The molecule has 0 bridgehead atoms. The lowest BCUT2D eigenvalue weighted by Gasteiger charge is -2.08. The van der Waals surface area contributed by atoms with E-state index >= 15 is 0 Å². The Kier molecular flexibility index (Phi) is 5.97. The molecule has 17 heavy (non-hydrogen) atoms. The number of nitrogens with one attached hydrogen (secondary N) is 2. The lowest BCUT2D eigenvalue weighted by Crippen LogP contribution is -2.37. The van der Waals surface area contributed by atoms with Crippen LogP contribution in [0.1, 0.15) is 31.0 Å². The molecule has 0 atom stereocenters. The van der Waals surface area contributed by atoms with Crippen LogP contribution in [-0.2, 0) is 6.42 Å². The van der Waals surface area contributed by atoms with Crippen LogP contribution in [0.4, 0.5) is 4.79 Å². The molecule has 0 fully saturated rings. The minimum atomic E-state index is -0.0856. The zero-order valence-electron chi connectivity index (χ0n) is 10.7. The van der Waals surface area contributed by atoms with Crippen LogP contribution in [0.25, 0.3) is 0 Å². The summed E-state index contributed by atoms with van der Waals surface area (Å²) in [6, 6.07) is -0.0856. The van der Waals surface area contributed by atoms with Gasteiger partial charge in [0, 0.05) is 24.9 Å². The van der Waals surface area contributed by atoms with E-state index in [1.807, 2.05) is 12.3 Å². The van der Waals surface area contributed by atoms with Crippen LogP contribution >= 0.6 is 11.3 Å². The summed E-state index contributed by atoms with van der Waals surface area (Å²) in [6.07, 6.45) is 1.81. The summed E-state index contributed by atoms with van der Waals surface area (Å²) < 4.78 is 0. The second-order valence-corrected chi connectivity index (χ2v) is 5.54. The van der Waals surface area contributed by atoms with E-state index < -0.39 is 0 Å². The molecule has 0 aromatic carbocycles. The summed E-state index contributed by atoms with van der Waals surface area (Å²) in [6.45, 7) is 7.64. The zero-order valence-corrected chi connectivity index (χ0v) is 11.6. The number of rotatable bonds is 6. The number of carbonyl (C=O) groups is 1. The van der Waals surface area contributed by atoms with Crippen molar-refractivity contribution in [3.05, 3.63) is 16.1 Å². The van der Waals surface area contributed by atoms with Crippen molar-refractivity contribution < 1.29 is 4.79 Å². The Morgan fingerprint density at radius 1 is 1.41 bits per heavy atom. The third-order valence-corrected chi connectivity index (χ3v) is 3.16. The van der Waals surface area contributed by atoms with Crippen molar-refractivity contribution in [2.24, 2.45) is 5.92 Å². The van der Waals surface area contributed by atoms with Gasteiger partial charge in [0.2, 0.25) is 0 Å². The predicted molar refractivity (Wildman–Crippen MR) is 71.4 cm³/mol. The van der Waals surface area contributed by atoms with Crippen LogP contribution in [0.15, 0.2) is 5.38 Å². The predicted octanol–water partition coefficient (Wildman–Crippen LogP) is 2.34. The Balaban J connectivity index is 2.08. The number of thiazole rings is 1. The van der Waals surface area contributed by atoms with Gasteiger partial charge in [0.15, 0.2) is 0 Å². The van der Waals surface area contributed by atoms with Crippen molar-refractivity contribution in [3.8, 4) is 0 Å². The molecule has 4 nitrogen and oxygen atoms in total. The topological polar surface area (TPSA) is 54.0 Å². The summed E-state index contributed by atoms with van der Waals surface area (Å²) in [5, 5.41) is 8.77. The maximum absolute atomic E-state index is 11.4. The van der Waals surface area contributed by atoms with Gasteiger partial charge in [0.1, 0.15) is 0 Å². The van der Waals surface area contributed by atoms with E-state index in [-0.39, 0.29) is 6.03 Å². The first-order valence-electron chi connectivity index (χ1n) is 6.00. The number of aromatic nitrogens is 1. The van der Waals surface area contributed by atoms with Crippen LogP contribution in [0.5, 0.6) is 0 Å². The summed E-state index contributed by atoms with van der Waals surface area (Å²) >= 11 is 1.64. The summed E-state index contributed by atoms with van der Waals surface area (Å²) in [7, 11) is 0. The Bertz CT molecular complexity index is 349. The van der Waals surface area contributed by atoms with Gasteiger partial charge in [-0.2, -0.15) is 0 Å². The first-order valence-corrected chi connectivity index (χ1v) is 6.88. The van der Waals surface area contributed by atoms with Gasteiger partial charge >= 0.3 is 6.03 Å². The molecule has 1 heterocycles. The fraction of sp³-hybridized carbons (Fsp3) is 0.667. The number of hydrogen-bond donors (Lipinski definition) is 2. The molecule has 1 aromatic rings. The molecule has 5 heteroatoms. The number of nitrogens with zero attached hydrogens (tertiary/aromatic N) is 1. The highest BCUT2D eigenvalue weighted by molar-refractivity contribution is 7.09. The van der Waals surface area contributed by atoms with Gasteiger partial charge in [-0.3, -0.25) is 0 Å². The smallest absolute Gasteiger partial charge is 0.314 e. The number of hydrogen-bond acceptors (Lipinski definition) is 3. The Hall–Kier alpha value is -1.10. The highest BCUT2D eigenvalue weighted by atomic mass is 32.1. The molecule has 0 radical (unpaired) electrons. The van der Waals surface area contributed by atoms with Crippen LogP contribution in [0, 0.1) is 12.8 Å². The summed E-state index contributed by atoms with van der Waals surface area (Å²) in [5.41, 5.74) is 1.05. The lowest BCUT2D eigenvalue weighted by atomic mass is 10.1. The largest absolute Gasteiger partial charge is 0.338 e. The quantitative estimate of drug-likeness (QED) is 0.819. The van der Waals surface area contributed by atoms with E-state index in [9.17, 15) is 4.79 Å². The maximum atomic E-state index is 11.4. The van der Waals surface area contributed by atoms with Gasteiger partial charge in [-0.25, -0.2) is 9.78 Å². The lowest BCUT2D eigenvalue weighted by molar-refractivity contribution is 0.240. The SMILES string of the molecule is Cc1nc(CCNC(=O)NCCC(C)C)cs1. The normalized spacial score (nSPS) is 10.6. The van der Waals surface area contributed by atoms with Crippen LogP contribution < -0.4 is 10.6 Å². The molecule has 1 rings (SSSR count). The molecule has 0 unspecified atom stereocenters. The first kappa shape index (κ1) is 14.0. The Morgan fingerprint density at radius 2 is 2.12 bits per heavy atom. The van der Waals surface area contributed by atoms with Gasteiger partial charge in [0.05, 0.1) is 10.7 Å². The van der Waals surface area contributed by atoms with Gasteiger partial charge in [-0.05, 0) is 19.3 Å². The average Bonchev–Trinajstić information content (AvgIpc) is 2.63. The van der Waals surface area contributed by atoms with Gasteiger partial charge in [-0.15, -0.1) is 11.3 Å². The minimum absolute atomic E-state index is 0.0856. The van der Waals surface area contributed by atoms with Crippen molar-refractivity contribution in [2.75, 3.05) is 13.1 Å². The van der Waals surface area contributed by atoms with Gasteiger partial charge in [-0.1, -0.05) is 13.8 Å². The maximum Gasteiger partial charge on any atom is 0.314 e. The molecule has 0 spiro atoms. The minimum Gasteiger partial charge on any atom is -0.338 e. The van der Waals surface area contributed by atoms with Crippen LogP contribution in [-0.4, -0.2) is 24.1 Å². The number of urea groups is 1. The molecule has 0 saturated heterocycles. The second kappa shape index (κ2) is 7.27. The fourth-order valence-electron chi connectivity index (χ4n) is 1.36. The molecular weight excluding hydrogens is 234 g/mol. The highest BCUT2D eigenvalue weighted by Crippen LogP contribution is 2.07. The van der Waals surface area contributed by atoms with Gasteiger partial charge < -0.3 is 10.6 Å². The third kappa shape index (κ3) is 6.26. The Morgan fingerprint density at radius 3 is 2.71 bits per heavy atom. The van der Waals surface area contributed by atoms with Gasteiger partial charge in [0.25, 0.3) is 0 Å². The third-order valence-electron chi connectivity index (χ3n) is 2.34. The van der Waals surface area contributed by atoms with E-state index in [0.717, 1.165) is 30.1 Å². The molecular formula is C12H21N3OS. The summed E-state index contributed by atoms with van der Waals surface area (Å²) in [4.78, 5) is 15.7. The van der Waals surface area contributed by atoms with E-state index in [4.69, 9.17) is 0 Å². The second-order valence-electron chi connectivity index (χ2n) is 4.47. The number of aryl methyl sites for hydroxylation is 1. The molecule has 96 valence electrons. The zero-order chi connectivity index (χ0) is 12.7. The average molecular weight is 255 g/mol. The molecule has 0 saturated carbocycles. The molecule has 0 aliphatic rings.